The number of hydrogen-bond acceptors (Lipinski definition) is 2. The number of rotatable bonds is 6. The highest BCUT2D eigenvalue weighted by Crippen LogP contribution is 2.21. The lowest BCUT2D eigenvalue weighted by molar-refractivity contribution is 0.0948. The molecule has 3 rings (SSSR count). The summed E-state index contributed by atoms with van der Waals surface area (Å²) in [4.78, 5) is 26.1. The van der Waals surface area contributed by atoms with E-state index < -0.39 is 0 Å². The highest BCUT2D eigenvalue weighted by Gasteiger charge is 2.20. The van der Waals surface area contributed by atoms with E-state index in [2.05, 4.69) is 19.2 Å². The molecular weight excluding hydrogens is 348 g/mol. The van der Waals surface area contributed by atoms with Gasteiger partial charge in [-0.25, -0.2) is 0 Å². The van der Waals surface area contributed by atoms with Crippen molar-refractivity contribution < 1.29 is 4.79 Å². The van der Waals surface area contributed by atoms with Gasteiger partial charge in [0.15, 0.2) is 0 Å². The Kier molecular flexibility index (Phi) is 7.07. The predicted octanol–water partition coefficient (Wildman–Crippen LogP) is 4.48. The zero-order valence-corrected chi connectivity index (χ0v) is 17.2. The van der Waals surface area contributed by atoms with E-state index in [0.29, 0.717) is 24.6 Å². The van der Waals surface area contributed by atoms with Crippen molar-refractivity contribution in [1.82, 2.24) is 9.88 Å². The number of carbonyl (C=O) groups is 1. The molecule has 1 aliphatic rings. The Labute approximate surface area is 168 Å². The summed E-state index contributed by atoms with van der Waals surface area (Å²) in [5.74, 6) is 0.253. The summed E-state index contributed by atoms with van der Waals surface area (Å²) in [5.41, 5.74) is 3.53. The molecule has 150 valence electrons. The van der Waals surface area contributed by atoms with Crippen LogP contribution in [0.3, 0.4) is 0 Å². The van der Waals surface area contributed by atoms with Gasteiger partial charge in [0.1, 0.15) is 5.56 Å². The van der Waals surface area contributed by atoms with Crippen LogP contribution in [0.4, 0.5) is 0 Å². The van der Waals surface area contributed by atoms with Gasteiger partial charge in [0.05, 0.1) is 0 Å². The fraction of sp³-hybridized carbons (Fsp3) is 0.500. The monoisotopic (exact) mass is 380 g/mol. The smallest absolute Gasteiger partial charge is 0.263 e. The molecule has 4 nitrogen and oxygen atoms in total. The molecule has 0 radical (unpaired) electrons. The second kappa shape index (κ2) is 9.72. The summed E-state index contributed by atoms with van der Waals surface area (Å²) in [5, 5.41) is 2.93. The van der Waals surface area contributed by atoms with E-state index in [-0.39, 0.29) is 11.5 Å². The number of nitrogens with one attached hydrogen (secondary N) is 1. The second-order valence-electron chi connectivity index (χ2n) is 8.25. The first kappa shape index (κ1) is 20.4. The molecule has 0 atom stereocenters. The first-order valence-electron chi connectivity index (χ1n) is 10.6. The highest BCUT2D eigenvalue weighted by molar-refractivity contribution is 5.94. The van der Waals surface area contributed by atoms with Crippen LogP contribution in [0.15, 0.2) is 41.2 Å². The third kappa shape index (κ3) is 5.12. The lowest BCUT2D eigenvalue weighted by Gasteiger charge is -2.21. The van der Waals surface area contributed by atoms with Crippen LogP contribution in [-0.4, -0.2) is 10.5 Å². The normalized spacial score (nSPS) is 14.2. The Morgan fingerprint density at radius 2 is 1.79 bits per heavy atom. The van der Waals surface area contributed by atoms with E-state index in [4.69, 9.17) is 0 Å². The Morgan fingerprint density at radius 3 is 2.50 bits per heavy atom. The highest BCUT2D eigenvalue weighted by atomic mass is 16.2. The maximum atomic E-state index is 13.2. The van der Waals surface area contributed by atoms with Crippen molar-refractivity contribution in [2.24, 2.45) is 5.92 Å². The number of pyridine rings is 1. The molecule has 0 bridgehead atoms. The third-order valence-electron chi connectivity index (χ3n) is 5.57. The maximum absolute atomic E-state index is 13.2. The van der Waals surface area contributed by atoms with E-state index >= 15 is 0 Å². The number of fused-ring (bicyclic) bond motifs is 1. The molecule has 1 aromatic carbocycles. The average molecular weight is 381 g/mol. The van der Waals surface area contributed by atoms with Gasteiger partial charge in [0.25, 0.3) is 11.5 Å². The number of aryl methyl sites for hydroxylation is 1. The number of aromatic nitrogens is 1. The van der Waals surface area contributed by atoms with Crippen molar-refractivity contribution in [2.45, 2.75) is 71.9 Å². The topological polar surface area (TPSA) is 51.1 Å². The van der Waals surface area contributed by atoms with Crippen LogP contribution in [-0.2, 0) is 25.9 Å². The standard InChI is InChI=1S/C24H32N2O2/c1-18(2)14-15-26-22-13-9-4-3-8-12-20(22)16-21(24(26)28)23(27)25-17-19-10-6-5-7-11-19/h5-7,10-11,16,18H,3-4,8-9,12-15,17H2,1-2H3,(H,25,27). The van der Waals surface area contributed by atoms with E-state index in [1.54, 1.807) is 0 Å². The molecule has 0 saturated carbocycles. The van der Waals surface area contributed by atoms with Crippen molar-refractivity contribution in [3.05, 3.63) is 69.1 Å². The Morgan fingerprint density at radius 1 is 1.07 bits per heavy atom. The number of hydrogen-bond donors (Lipinski definition) is 1. The van der Waals surface area contributed by atoms with Gasteiger partial charge >= 0.3 is 0 Å². The average Bonchev–Trinajstić information content (AvgIpc) is 2.67. The molecule has 1 aromatic heterocycles. The van der Waals surface area contributed by atoms with Gasteiger partial charge in [-0.2, -0.15) is 0 Å². The number of carbonyl (C=O) groups excluding carboxylic acids is 1. The van der Waals surface area contributed by atoms with Crippen LogP contribution in [0.1, 0.15) is 73.1 Å². The molecule has 2 aromatic rings. The molecular formula is C24H32N2O2. The fourth-order valence-corrected chi connectivity index (χ4v) is 3.89. The van der Waals surface area contributed by atoms with Gasteiger partial charge in [-0.1, -0.05) is 57.0 Å². The van der Waals surface area contributed by atoms with Gasteiger partial charge in [0, 0.05) is 18.8 Å². The maximum Gasteiger partial charge on any atom is 0.263 e. The Hall–Kier alpha value is -2.36. The molecule has 4 heteroatoms. The molecule has 0 unspecified atom stereocenters. The van der Waals surface area contributed by atoms with Crippen LogP contribution < -0.4 is 10.9 Å². The van der Waals surface area contributed by atoms with Crippen LogP contribution in [0, 0.1) is 5.92 Å². The minimum absolute atomic E-state index is 0.134. The summed E-state index contributed by atoms with van der Waals surface area (Å²) in [6, 6.07) is 11.7. The minimum atomic E-state index is -0.267. The minimum Gasteiger partial charge on any atom is -0.348 e. The Bertz CT molecular complexity index is 853. The van der Waals surface area contributed by atoms with Gasteiger partial charge in [0.2, 0.25) is 0 Å². The molecule has 1 heterocycles. The molecule has 1 N–H and O–H groups in total. The number of amides is 1. The summed E-state index contributed by atoms with van der Waals surface area (Å²) < 4.78 is 1.90. The summed E-state index contributed by atoms with van der Waals surface area (Å²) in [6.07, 6.45) is 7.53. The predicted molar refractivity (Wildman–Crippen MR) is 114 cm³/mol. The van der Waals surface area contributed by atoms with Crippen LogP contribution in [0.2, 0.25) is 0 Å². The molecule has 0 spiro atoms. The first-order valence-corrected chi connectivity index (χ1v) is 10.6. The van der Waals surface area contributed by atoms with Crippen molar-refractivity contribution in [3.8, 4) is 0 Å². The fourth-order valence-electron chi connectivity index (χ4n) is 3.89. The molecule has 1 aliphatic carbocycles. The van der Waals surface area contributed by atoms with Crippen LogP contribution >= 0.6 is 0 Å². The van der Waals surface area contributed by atoms with Gasteiger partial charge in [-0.15, -0.1) is 0 Å². The zero-order valence-electron chi connectivity index (χ0n) is 17.2. The molecule has 0 saturated heterocycles. The van der Waals surface area contributed by atoms with Gasteiger partial charge in [-0.05, 0) is 55.2 Å². The number of nitrogens with zero attached hydrogens (tertiary/aromatic N) is 1. The lowest BCUT2D eigenvalue weighted by atomic mass is 9.95. The second-order valence-corrected chi connectivity index (χ2v) is 8.25. The van der Waals surface area contributed by atoms with Crippen molar-refractivity contribution in [1.29, 1.82) is 0 Å². The van der Waals surface area contributed by atoms with Crippen LogP contribution in [0.5, 0.6) is 0 Å². The number of benzene rings is 1. The Balaban J connectivity index is 1.91. The van der Waals surface area contributed by atoms with E-state index in [9.17, 15) is 9.59 Å². The first-order chi connectivity index (χ1) is 13.6. The van der Waals surface area contributed by atoms with Crippen molar-refractivity contribution >= 4 is 5.91 Å². The van der Waals surface area contributed by atoms with Gasteiger partial charge in [-0.3, -0.25) is 9.59 Å². The van der Waals surface area contributed by atoms with Gasteiger partial charge < -0.3 is 9.88 Å². The van der Waals surface area contributed by atoms with Crippen LogP contribution in [0.25, 0.3) is 0 Å². The van der Waals surface area contributed by atoms with E-state index in [0.717, 1.165) is 43.4 Å². The summed E-state index contributed by atoms with van der Waals surface area (Å²) >= 11 is 0. The molecule has 1 amide bonds. The lowest BCUT2D eigenvalue weighted by Crippen LogP contribution is -2.35. The van der Waals surface area contributed by atoms with E-state index in [1.807, 2.05) is 41.0 Å². The zero-order chi connectivity index (χ0) is 19.9. The summed E-state index contributed by atoms with van der Waals surface area (Å²) in [6.45, 7) is 5.47. The summed E-state index contributed by atoms with van der Waals surface area (Å²) in [7, 11) is 0. The molecule has 0 fully saturated rings. The quantitative estimate of drug-likeness (QED) is 0.803. The van der Waals surface area contributed by atoms with Crippen molar-refractivity contribution in [2.75, 3.05) is 0 Å². The molecule has 28 heavy (non-hydrogen) atoms. The van der Waals surface area contributed by atoms with Crippen molar-refractivity contribution in [3.63, 3.8) is 0 Å². The molecule has 0 aliphatic heterocycles. The van der Waals surface area contributed by atoms with E-state index in [1.165, 1.54) is 18.4 Å². The third-order valence-corrected chi connectivity index (χ3v) is 5.57. The largest absolute Gasteiger partial charge is 0.348 e. The SMILES string of the molecule is CC(C)CCn1c2c(cc(C(=O)NCc3ccccc3)c1=O)CCCCCC2.